The zero-order valence-corrected chi connectivity index (χ0v) is 20.7. The van der Waals surface area contributed by atoms with E-state index in [9.17, 15) is 14.7 Å². The monoisotopic (exact) mass is 451 g/mol. The van der Waals surface area contributed by atoms with E-state index >= 15 is 0 Å². The van der Waals surface area contributed by atoms with Crippen LogP contribution in [-0.4, -0.2) is 35.8 Å². The topological polar surface area (TPSA) is 81.7 Å². The Kier molecular flexibility index (Phi) is 9.52. The second-order valence-electron chi connectivity index (χ2n) is 8.44. The highest BCUT2D eigenvalue weighted by molar-refractivity contribution is 6.07. The van der Waals surface area contributed by atoms with Crippen molar-refractivity contribution in [2.45, 2.75) is 59.4 Å². The van der Waals surface area contributed by atoms with Crippen molar-refractivity contribution < 1.29 is 14.7 Å². The maximum absolute atomic E-state index is 12.2. The van der Waals surface area contributed by atoms with Gasteiger partial charge in [0.2, 0.25) is 0 Å². The summed E-state index contributed by atoms with van der Waals surface area (Å²) in [6.45, 7) is 8.53. The molecule has 0 saturated heterocycles. The number of nitrogens with zero attached hydrogens (tertiary/aromatic N) is 1. The number of phenols is 1. The second kappa shape index (κ2) is 12.1. The summed E-state index contributed by atoms with van der Waals surface area (Å²) in [4.78, 5) is 25.9. The molecule has 0 heterocycles. The van der Waals surface area contributed by atoms with Gasteiger partial charge < -0.3 is 20.6 Å². The van der Waals surface area contributed by atoms with E-state index in [2.05, 4.69) is 50.5 Å². The number of rotatable bonds is 8. The molecule has 3 rings (SSSR count). The van der Waals surface area contributed by atoms with E-state index < -0.39 is 0 Å². The third-order valence-corrected chi connectivity index (χ3v) is 5.67. The lowest BCUT2D eigenvalue weighted by Gasteiger charge is -2.30. The average molecular weight is 452 g/mol. The molecule has 1 amide bonds. The minimum absolute atomic E-state index is 0.0316. The molecule has 2 aromatic rings. The first-order valence-electron chi connectivity index (χ1n) is 11.6. The Bertz CT molecular complexity index is 1010. The zero-order chi connectivity index (χ0) is 24.5. The largest absolute Gasteiger partial charge is 0.505 e. The van der Waals surface area contributed by atoms with Gasteiger partial charge in [0, 0.05) is 19.8 Å². The molecule has 6 nitrogen and oxygen atoms in total. The van der Waals surface area contributed by atoms with Gasteiger partial charge in [0.1, 0.15) is 5.70 Å². The Morgan fingerprint density at radius 3 is 2.27 bits per heavy atom. The molecule has 2 aromatic carbocycles. The number of phenolic OH excluding ortho intramolecular Hbond substituents is 1. The van der Waals surface area contributed by atoms with Crippen LogP contribution in [0.25, 0.3) is 0 Å². The van der Waals surface area contributed by atoms with Crippen molar-refractivity contribution in [2.75, 3.05) is 19.4 Å². The number of carbonyl (C=O) groups is 2. The highest BCUT2D eigenvalue weighted by atomic mass is 16.3. The molecule has 0 fully saturated rings. The summed E-state index contributed by atoms with van der Waals surface area (Å²) in [5, 5.41) is 17.0. The Morgan fingerprint density at radius 2 is 1.73 bits per heavy atom. The van der Waals surface area contributed by atoms with Gasteiger partial charge in [-0.15, -0.1) is 0 Å². The van der Waals surface area contributed by atoms with E-state index in [4.69, 9.17) is 0 Å². The van der Waals surface area contributed by atoms with Gasteiger partial charge in [-0.05, 0) is 36.6 Å². The van der Waals surface area contributed by atoms with Crippen molar-refractivity contribution >= 4 is 17.4 Å². The zero-order valence-electron chi connectivity index (χ0n) is 20.7. The summed E-state index contributed by atoms with van der Waals surface area (Å²) in [7, 11) is 3.25. The third-order valence-electron chi connectivity index (χ3n) is 5.67. The number of anilines is 1. The Labute approximate surface area is 197 Å². The van der Waals surface area contributed by atoms with Crippen LogP contribution >= 0.6 is 0 Å². The molecule has 1 atom stereocenters. The summed E-state index contributed by atoms with van der Waals surface area (Å²) < 4.78 is 0. The molecule has 33 heavy (non-hydrogen) atoms. The van der Waals surface area contributed by atoms with Gasteiger partial charge in [0.25, 0.3) is 5.91 Å². The lowest BCUT2D eigenvalue weighted by molar-refractivity contribution is -0.116. The highest BCUT2D eigenvalue weighted by Gasteiger charge is 2.30. The van der Waals surface area contributed by atoms with Gasteiger partial charge in [0.15, 0.2) is 11.5 Å². The molecular weight excluding hydrogens is 414 g/mol. The molecule has 0 bridgehead atoms. The van der Waals surface area contributed by atoms with Crippen LogP contribution in [0, 0.1) is 6.92 Å². The van der Waals surface area contributed by atoms with Crippen molar-refractivity contribution in [1.82, 2.24) is 10.2 Å². The fourth-order valence-corrected chi connectivity index (χ4v) is 3.45. The van der Waals surface area contributed by atoms with Crippen molar-refractivity contribution in [3.05, 3.63) is 70.5 Å². The molecule has 3 N–H and O–H groups in total. The maximum Gasteiger partial charge on any atom is 0.257 e. The molecule has 1 aliphatic rings. The fraction of sp³-hybridized carbons (Fsp3) is 0.407. The van der Waals surface area contributed by atoms with Crippen LogP contribution in [0.4, 0.5) is 5.69 Å². The first-order chi connectivity index (χ1) is 15.7. The summed E-state index contributed by atoms with van der Waals surface area (Å²) in [6.07, 6.45) is 3.83. The molecular formula is C27H37N3O3. The smallest absolute Gasteiger partial charge is 0.257 e. The third kappa shape index (κ3) is 6.37. The lowest BCUT2D eigenvalue weighted by atomic mass is 9.94. The summed E-state index contributed by atoms with van der Waals surface area (Å²) >= 11 is 0. The highest BCUT2D eigenvalue weighted by Crippen LogP contribution is 2.33. The predicted molar refractivity (Wildman–Crippen MR) is 134 cm³/mol. The number of hydrogen-bond donors (Lipinski definition) is 3. The number of ketones is 1. The number of carbonyl (C=O) groups excluding carboxylic acids is 2. The summed E-state index contributed by atoms with van der Waals surface area (Å²) in [5.74, 6) is -0.497. The van der Waals surface area contributed by atoms with E-state index in [-0.39, 0.29) is 29.0 Å². The number of amides is 1. The molecule has 0 radical (unpaired) electrons. The van der Waals surface area contributed by atoms with Crippen LogP contribution in [0.3, 0.4) is 0 Å². The van der Waals surface area contributed by atoms with Crippen molar-refractivity contribution in [1.29, 1.82) is 0 Å². The quantitative estimate of drug-likeness (QED) is 0.459. The molecule has 0 aromatic heterocycles. The van der Waals surface area contributed by atoms with Crippen LogP contribution in [0.15, 0.2) is 53.9 Å². The van der Waals surface area contributed by atoms with Gasteiger partial charge in [-0.1, -0.05) is 63.9 Å². The number of para-hydroxylation sites is 1. The minimum Gasteiger partial charge on any atom is -0.505 e. The average Bonchev–Trinajstić information content (AvgIpc) is 2.81. The van der Waals surface area contributed by atoms with Gasteiger partial charge in [0.05, 0.1) is 23.7 Å². The van der Waals surface area contributed by atoms with Crippen LogP contribution in [0.2, 0.25) is 0 Å². The number of hydrogen-bond acceptors (Lipinski definition) is 5. The summed E-state index contributed by atoms with van der Waals surface area (Å²) in [6, 6.07) is 13.2. The number of aromatic hydroxyl groups is 1. The molecule has 0 aliphatic heterocycles. The molecule has 1 unspecified atom stereocenters. The standard InChI is InChI=1S/C23H27N3O3.C4H10/c1-5-17(15-10-7-6-9-14(15)2)24-19-13-20(27)21(19)25-18-12-8-11-16(22(18)28)23(29)26(3)4;1-3-4-2/h6-12,17,24-25,28H,5,13H2,1-4H3;3-4H2,1-2H3. The van der Waals surface area contributed by atoms with Crippen LogP contribution in [0.5, 0.6) is 5.75 Å². The maximum atomic E-state index is 12.2. The summed E-state index contributed by atoms with van der Waals surface area (Å²) in [5.41, 5.74) is 4.16. The van der Waals surface area contributed by atoms with Crippen LogP contribution < -0.4 is 10.6 Å². The normalized spacial score (nSPS) is 13.5. The number of nitrogens with one attached hydrogen (secondary N) is 2. The van der Waals surface area contributed by atoms with E-state index in [0.29, 0.717) is 17.8 Å². The number of Topliss-reactive ketones (excluding diaryl/α,β-unsaturated/α-hetero) is 1. The minimum atomic E-state index is -0.302. The first-order valence-corrected chi connectivity index (χ1v) is 11.6. The predicted octanol–water partition coefficient (Wildman–Crippen LogP) is 5.55. The van der Waals surface area contributed by atoms with E-state index in [1.54, 1.807) is 32.3 Å². The van der Waals surface area contributed by atoms with Crippen molar-refractivity contribution in [2.24, 2.45) is 0 Å². The Morgan fingerprint density at radius 1 is 1.06 bits per heavy atom. The van der Waals surface area contributed by atoms with Gasteiger partial charge in [-0.25, -0.2) is 0 Å². The molecule has 1 aliphatic carbocycles. The second-order valence-corrected chi connectivity index (χ2v) is 8.44. The van der Waals surface area contributed by atoms with Gasteiger partial charge in [-0.2, -0.15) is 0 Å². The van der Waals surface area contributed by atoms with Crippen LogP contribution in [0.1, 0.15) is 74.0 Å². The van der Waals surface area contributed by atoms with Gasteiger partial charge in [-0.3, -0.25) is 9.59 Å². The Balaban J connectivity index is 0.000000890. The Hall–Kier alpha value is -3.28. The molecule has 178 valence electrons. The fourth-order valence-electron chi connectivity index (χ4n) is 3.45. The SMILES string of the molecule is CCC(NC1=C(Nc2cccc(C(=O)N(C)C)c2O)C(=O)C1)c1ccccc1C.CCCC. The number of unbranched alkanes of at least 4 members (excludes halogenated alkanes) is 1. The number of benzene rings is 2. The molecule has 6 heteroatoms. The van der Waals surface area contributed by atoms with E-state index in [1.165, 1.54) is 28.9 Å². The van der Waals surface area contributed by atoms with E-state index in [1.807, 2.05) is 12.1 Å². The first kappa shape index (κ1) is 26.0. The van der Waals surface area contributed by atoms with Crippen molar-refractivity contribution in [3.8, 4) is 5.75 Å². The number of aryl methyl sites for hydroxylation is 1. The van der Waals surface area contributed by atoms with Crippen molar-refractivity contribution in [3.63, 3.8) is 0 Å². The number of allylic oxidation sites excluding steroid dienone is 2. The van der Waals surface area contributed by atoms with Crippen LogP contribution in [-0.2, 0) is 4.79 Å². The van der Waals surface area contributed by atoms with E-state index in [0.717, 1.165) is 12.1 Å². The molecule has 0 saturated carbocycles. The molecule has 0 spiro atoms. The lowest BCUT2D eigenvalue weighted by Crippen LogP contribution is -2.34. The van der Waals surface area contributed by atoms with Gasteiger partial charge >= 0.3 is 0 Å².